The number of nitrogens with zero attached hydrogens (tertiary/aromatic N) is 2. The Labute approximate surface area is 165 Å². The van der Waals surface area contributed by atoms with E-state index in [-0.39, 0.29) is 22.6 Å². The summed E-state index contributed by atoms with van der Waals surface area (Å²) in [6.07, 6.45) is 6.93. The number of nitrogens with one attached hydrogen (secondary N) is 1. The van der Waals surface area contributed by atoms with E-state index in [1.807, 2.05) is 13.8 Å². The molecule has 3 heterocycles. The van der Waals surface area contributed by atoms with Gasteiger partial charge in [-0.05, 0) is 86.1 Å². The molecule has 0 spiro atoms. The first-order valence-corrected chi connectivity index (χ1v) is 10.2. The SMILES string of the molecule is CCC(C)N1C(=O)/C(=C/c2cc3c4c(c2)CCCN4CCC3)C(=O)NC1=S. The minimum absolute atomic E-state index is 0.0488. The molecule has 3 aliphatic heterocycles. The van der Waals surface area contributed by atoms with Crippen molar-refractivity contribution in [2.75, 3.05) is 18.0 Å². The standard InChI is InChI=1S/C21H25N3O2S/c1-3-13(2)24-20(26)17(19(25)22-21(24)27)12-14-10-15-6-4-8-23-9-5-7-16(11-14)18(15)23/h10-13H,3-9H2,1-2H3,(H,22,25,27)/b17-12+. The number of carbonyl (C=O) groups excluding carboxylic acids is 2. The maximum Gasteiger partial charge on any atom is 0.265 e. The lowest BCUT2D eigenvalue weighted by molar-refractivity contribution is -0.130. The Morgan fingerprint density at radius 3 is 2.41 bits per heavy atom. The van der Waals surface area contributed by atoms with Crippen LogP contribution in [-0.4, -0.2) is 41.0 Å². The van der Waals surface area contributed by atoms with Crippen LogP contribution in [0, 0.1) is 0 Å². The number of benzene rings is 1. The van der Waals surface area contributed by atoms with E-state index in [0.29, 0.717) is 0 Å². The van der Waals surface area contributed by atoms with E-state index in [1.165, 1.54) is 21.7 Å². The van der Waals surface area contributed by atoms with E-state index < -0.39 is 5.91 Å². The molecule has 1 N–H and O–H groups in total. The van der Waals surface area contributed by atoms with Crippen LogP contribution in [0.25, 0.3) is 6.08 Å². The van der Waals surface area contributed by atoms with Crippen LogP contribution < -0.4 is 10.2 Å². The van der Waals surface area contributed by atoms with E-state index >= 15 is 0 Å². The molecule has 2 amide bonds. The zero-order chi connectivity index (χ0) is 19.1. The Bertz CT molecular complexity index is 830. The second kappa shape index (κ2) is 7.08. The molecule has 4 rings (SSSR count). The molecule has 3 aliphatic rings. The second-order valence-electron chi connectivity index (χ2n) is 7.63. The summed E-state index contributed by atoms with van der Waals surface area (Å²) in [6, 6.07) is 4.24. The van der Waals surface area contributed by atoms with Crippen molar-refractivity contribution in [3.63, 3.8) is 0 Å². The smallest absolute Gasteiger partial charge is 0.265 e. The predicted octanol–water partition coefficient (Wildman–Crippen LogP) is 2.81. The quantitative estimate of drug-likeness (QED) is 0.495. The van der Waals surface area contributed by atoms with Crippen molar-refractivity contribution in [3.05, 3.63) is 34.4 Å². The van der Waals surface area contributed by atoms with Crippen LogP contribution in [0.4, 0.5) is 5.69 Å². The normalized spacial score (nSPS) is 22.0. The molecule has 1 aromatic rings. The van der Waals surface area contributed by atoms with Crippen molar-refractivity contribution in [3.8, 4) is 0 Å². The van der Waals surface area contributed by atoms with Crippen LogP contribution in [0.5, 0.6) is 0 Å². The topological polar surface area (TPSA) is 52.7 Å². The molecule has 1 saturated heterocycles. The van der Waals surface area contributed by atoms with Crippen molar-refractivity contribution in [1.29, 1.82) is 0 Å². The minimum Gasteiger partial charge on any atom is -0.371 e. The van der Waals surface area contributed by atoms with Crippen LogP contribution >= 0.6 is 12.2 Å². The molecule has 1 fully saturated rings. The molecular formula is C21H25N3O2S. The lowest BCUT2D eigenvalue weighted by atomic mass is 9.89. The molecule has 6 heteroatoms. The second-order valence-corrected chi connectivity index (χ2v) is 8.02. The zero-order valence-electron chi connectivity index (χ0n) is 15.9. The van der Waals surface area contributed by atoms with Gasteiger partial charge >= 0.3 is 0 Å². The Morgan fingerprint density at radius 1 is 1.19 bits per heavy atom. The number of hydrogen-bond acceptors (Lipinski definition) is 4. The summed E-state index contributed by atoms with van der Waals surface area (Å²) in [5.41, 5.74) is 5.16. The zero-order valence-corrected chi connectivity index (χ0v) is 16.7. The van der Waals surface area contributed by atoms with Crippen LogP contribution in [0.3, 0.4) is 0 Å². The third-order valence-electron chi connectivity index (χ3n) is 5.83. The van der Waals surface area contributed by atoms with Crippen molar-refractivity contribution in [1.82, 2.24) is 10.2 Å². The summed E-state index contributed by atoms with van der Waals surface area (Å²) in [7, 11) is 0. The van der Waals surface area contributed by atoms with Crippen LogP contribution in [0.2, 0.25) is 0 Å². The fourth-order valence-electron chi connectivity index (χ4n) is 4.33. The molecule has 1 aromatic carbocycles. The Balaban J connectivity index is 1.73. The molecule has 0 radical (unpaired) electrons. The monoisotopic (exact) mass is 383 g/mol. The average molecular weight is 384 g/mol. The van der Waals surface area contributed by atoms with Crippen molar-refractivity contribution < 1.29 is 9.59 Å². The maximum atomic E-state index is 13.0. The van der Waals surface area contributed by atoms with Crippen molar-refractivity contribution >= 4 is 40.9 Å². The number of aryl methyl sites for hydroxylation is 2. The molecule has 0 saturated carbocycles. The molecule has 27 heavy (non-hydrogen) atoms. The van der Waals surface area contributed by atoms with E-state index in [0.717, 1.165) is 50.8 Å². The molecule has 0 aromatic heterocycles. The largest absolute Gasteiger partial charge is 0.371 e. The summed E-state index contributed by atoms with van der Waals surface area (Å²) in [5.74, 6) is -0.705. The van der Waals surface area contributed by atoms with Gasteiger partial charge < -0.3 is 4.90 Å². The number of hydrogen-bond donors (Lipinski definition) is 1. The first kappa shape index (κ1) is 18.2. The Kier molecular flexibility index (Phi) is 4.76. The summed E-state index contributed by atoms with van der Waals surface area (Å²) >= 11 is 5.22. The van der Waals surface area contributed by atoms with Gasteiger partial charge in [0, 0.05) is 24.8 Å². The van der Waals surface area contributed by atoms with Gasteiger partial charge in [-0.1, -0.05) is 6.92 Å². The van der Waals surface area contributed by atoms with E-state index in [1.54, 1.807) is 6.08 Å². The first-order valence-electron chi connectivity index (χ1n) is 9.81. The van der Waals surface area contributed by atoms with Gasteiger partial charge in [-0.25, -0.2) is 0 Å². The van der Waals surface area contributed by atoms with Gasteiger partial charge in [0.05, 0.1) is 0 Å². The highest BCUT2D eigenvalue weighted by Gasteiger charge is 2.35. The van der Waals surface area contributed by atoms with Crippen LogP contribution in [0.1, 0.15) is 49.8 Å². The number of rotatable bonds is 3. The fraction of sp³-hybridized carbons (Fsp3) is 0.476. The molecule has 0 bridgehead atoms. The highest BCUT2D eigenvalue weighted by molar-refractivity contribution is 7.80. The van der Waals surface area contributed by atoms with Gasteiger partial charge in [-0.3, -0.25) is 19.8 Å². The molecule has 1 unspecified atom stereocenters. The minimum atomic E-state index is -0.405. The number of carbonyl (C=O) groups is 2. The maximum absolute atomic E-state index is 13.0. The van der Waals surface area contributed by atoms with Gasteiger partial charge in [0.2, 0.25) is 0 Å². The van der Waals surface area contributed by atoms with Gasteiger partial charge in [-0.2, -0.15) is 0 Å². The Morgan fingerprint density at radius 2 is 1.81 bits per heavy atom. The van der Waals surface area contributed by atoms with Gasteiger partial charge in [0.25, 0.3) is 11.8 Å². The molecule has 1 atom stereocenters. The number of anilines is 1. The lowest BCUT2D eigenvalue weighted by Gasteiger charge is -2.37. The van der Waals surface area contributed by atoms with E-state index in [2.05, 4.69) is 22.3 Å². The Hall–Kier alpha value is -2.21. The summed E-state index contributed by atoms with van der Waals surface area (Å²) < 4.78 is 0. The predicted molar refractivity (Wildman–Crippen MR) is 111 cm³/mol. The summed E-state index contributed by atoms with van der Waals surface area (Å²) in [4.78, 5) is 29.4. The summed E-state index contributed by atoms with van der Waals surface area (Å²) in [6.45, 7) is 6.20. The summed E-state index contributed by atoms with van der Waals surface area (Å²) in [5, 5.41) is 2.88. The average Bonchev–Trinajstić information content (AvgIpc) is 2.65. The van der Waals surface area contributed by atoms with Crippen molar-refractivity contribution in [2.24, 2.45) is 0 Å². The number of thiocarbonyl (C=S) groups is 1. The van der Waals surface area contributed by atoms with Gasteiger partial charge in [0.15, 0.2) is 5.11 Å². The highest BCUT2D eigenvalue weighted by atomic mass is 32.1. The third kappa shape index (κ3) is 3.16. The van der Waals surface area contributed by atoms with E-state index in [9.17, 15) is 9.59 Å². The molecule has 5 nitrogen and oxygen atoms in total. The van der Waals surface area contributed by atoms with Gasteiger partial charge in [0.1, 0.15) is 5.57 Å². The highest BCUT2D eigenvalue weighted by Crippen LogP contribution is 2.36. The molecule has 142 valence electrons. The molecular weight excluding hydrogens is 358 g/mol. The number of amides is 2. The van der Waals surface area contributed by atoms with Gasteiger partial charge in [-0.15, -0.1) is 0 Å². The molecule has 0 aliphatic carbocycles. The van der Waals surface area contributed by atoms with Crippen molar-refractivity contribution in [2.45, 2.75) is 52.0 Å². The lowest BCUT2D eigenvalue weighted by Crippen LogP contribution is -2.56. The third-order valence-corrected chi connectivity index (χ3v) is 6.13. The van der Waals surface area contributed by atoms with Crippen LogP contribution in [0.15, 0.2) is 17.7 Å². The van der Waals surface area contributed by atoms with Crippen LogP contribution in [-0.2, 0) is 22.4 Å². The fourth-order valence-corrected chi connectivity index (χ4v) is 4.69. The first-order chi connectivity index (χ1) is 13.0. The van der Waals surface area contributed by atoms with E-state index in [4.69, 9.17) is 12.2 Å².